The molecule has 0 radical (unpaired) electrons. The van der Waals surface area contributed by atoms with Gasteiger partial charge in [0.25, 0.3) is 0 Å². The standard InChI is InChI=1S/C11H13N3O/c1-8(11-3-2-4-15-11)14-10-5-9(12)6-13-7-10/h2-8,14H,12H2,1H3. The van der Waals surface area contributed by atoms with E-state index in [4.69, 9.17) is 10.2 Å². The molecule has 2 heterocycles. The zero-order valence-electron chi connectivity index (χ0n) is 8.47. The van der Waals surface area contributed by atoms with E-state index in [1.54, 1.807) is 18.7 Å². The Hall–Kier alpha value is -1.97. The molecule has 0 saturated heterocycles. The van der Waals surface area contributed by atoms with E-state index in [-0.39, 0.29) is 6.04 Å². The smallest absolute Gasteiger partial charge is 0.125 e. The van der Waals surface area contributed by atoms with Crippen molar-refractivity contribution >= 4 is 11.4 Å². The second-order valence-corrected chi connectivity index (χ2v) is 3.39. The third kappa shape index (κ3) is 2.28. The van der Waals surface area contributed by atoms with Crippen LogP contribution in [0.3, 0.4) is 0 Å². The number of aromatic nitrogens is 1. The van der Waals surface area contributed by atoms with Crippen molar-refractivity contribution in [1.29, 1.82) is 0 Å². The predicted octanol–water partition coefficient (Wildman–Crippen LogP) is 2.43. The second-order valence-electron chi connectivity index (χ2n) is 3.39. The van der Waals surface area contributed by atoms with E-state index in [9.17, 15) is 0 Å². The zero-order chi connectivity index (χ0) is 10.7. The van der Waals surface area contributed by atoms with E-state index in [1.165, 1.54) is 0 Å². The molecule has 2 aromatic heterocycles. The maximum Gasteiger partial charge on any atom is 0.125 e. The van der Waals surface area contributed by atoms with Gasteiger partial charge in [0.1, 0.15) is 5.76 Å². The Kier molecular flexibility index (Phi) is 2.58. The summed E-state index contributed by atoms with van der Waals surface area (Å²) in [7, 11) is 0. The Balaban J connectivity index is 2.09. The molecule has 15 heavy (non-hydrogen) atoms. The Bertz CT molecular complexity index is 425. The first-order valence-electron chi connectivity index (χ1n) is 4.76. The molecule has 0 spiro atoms. The first kappa shape index (κ1) is 9.58. The van der Waals surface area contributed by atoms with Crippen molar-refractivity contribution < 1.29 is 4.42 Å². The number of nitrogen functional groups attached to an aromatic ring is 1. The van der Waals surface area contributed by atoms with Gasteiger partial charge in [-0.25, -0.2) is 0 Å². The largest absolute Gasteiger partial charge is 0.467 e. The van der Waals surface area contributed by atoms with Crippen molar-refractivity contribution in [3.63, 3.8) is 0 Å². The van der Waals surface area contributed by atoms with Crippen LogP contribution in [0.1, 0.15) is 18.7 Å². The summed E-state index contributed by atoms with van der Waals surface area (Å²) in [4.78, 5) is 4.00. The van der Waals surface area contributed by atoms with Gasteiger partial charge in [-0.05, 0) is 25.1 Å². The molecule has 0 aliphatic rings. The highest BCUT2D eigenvalue weighted by Crippen LogP contribution is 2.19. The lowest BCUT2D eigenvalue weighted by molar-refractivity contribution is 0.490. The molecule has 0 aromatic carbocycles. The van der Waals surface area contributed by atoms with Gasteiger partial charge in [-0.1, -0.05) is 0 Å². The minimum Gasteiger partial charge on any atom is -0.467 e. The van der Waals surface area contributed by atoms with Crippen molar-refractivity contribution in [2.45, 2.75) is 13.0 Å². The molecule has 1 atom stereocenters. The zero-order valence-corrected chi connectivity index (χ0v) is 8.47. The van der Waals surface area contributed by atoms with Crippen LogP contribution in [0.5, 0.6) is 0 Å². The lowest BCUT2D eigenvalue weighted by Crippen LogP contribution is -2.06. The maximum atomic E-state index is 5.63. The molecule has 3 N–H and O–H groups in total. The summed E-state index contributed by atoms with van der Waals surface area (Å²) in [6.45, 7) is 2.02. The number of nitrogens with two attached hydrogens (primary N) is 1. The number of rotatable bonds is 3. The van der Waals surface area contributed by atoms with Crippen molar-refractivity contribution in [3.05, 3.63) is 42.6 Å². The van der Waals surface area contributed by atoms with Gasteiger partial charge in [-0.3, -0.25) is 4.98 Å². The van der Waals surface area contributed by atoms with Crippen LogP contribution in [0.4, 0.5) is 11.4 Å². The van der Waals surface area contributed by atoms with Crippen LogP contribution in [0.15, 0.2) is 41.3 Å². The van der Waals surface area contributed by atoms with Crippen LogP contribution in [-0.4, -0.2) is 4.98 Å². The van der Waals surface area contributed by atoms with E-state index in [0.29, 0.717) is 5.69 Å². The molecule has 0 bridgehead atoms. The molecule has 0 saturated carbocycles. The van der Waals surface area contributed by atoms with E-state index in [2.05, 4.69) is 10.3 Å². The van der Waals surface area contributed by atoms with Crippen LogP contribution in [0.2, 0.25) is 0 Å². The van der Waals surface area contributed by atoms with Gasteiger partial charge in [0.15, 0.2) is 0 Å². The third-order valence-electron chi connectivity index (χ3n) is 2.11. The first-order valence-corrected chi connectivity index (χ1v) is 4.76. The fraction of sp³-hybridized carbons (Fsp3) is 0.182. The molecule has 0 aliphatic carbocycles. The maximum absolute atomic E-state index is 5.63. The molecular weight excluding hydrogens is 190 g/mol. The number of furan rings is 1. The summed E-state index contributed by atoms with van der Waals surface area (Å²) in [5.41, 5.74) is 7.16. The number of anilines is 2. The average molecular weight is 203 g/mol. The number of pyridine rings is 1. The molecule has 78 valence electrons. The second kappa shape index (κ2) is 4.04. The van der Waals surface area contributed by atoms with Gasteiger partial charge >= 0.3 is 0 Å². The lowest BCUT2D eigenvalue weighted by Gasteiger charge is -2.12. The topological polar surface area (TPSA) is 64.1 Å². The Morgan fingerprint density at radius 1 is 1.47 bits per heavy atom. The number of hydrogen-bond acceptors (Lipinski definition) is 4. The Morgan fingerprint density at radius 3 is 3.00 bits per heavy atom. The SMILES string of the molecule is CC(Nc1cncc(N)c1)c1ccco1. The van der Waals surface area contributed by atoms with Crippen molar-refractivity contribution in [3.8, 4) is 0 Å². The van der Waals surface area contributed by atoms with Crippen LogP contribution < -0.4 is 11.1 Å². The normalized spacial score (nSPS) is 12.3. The molecule has 4 nitrogen and oxygen atoms in total. The molecule has 2 aromatic rings. The van der Waals surface area contributed by atoms with Gasteiger partial charge in [0.2, 0.25) is 0 Å². The molecule has 4 heteroatoms. The van der Waals surface area contributed by atoms with Crippen LogP contribution in [0, 0.1) is 0 Å². The van der Waals surface area contributed by atoms with Gasteiger partial charge < -0.3 is 15.5 Å². The summed E-state index contributed by atoms with van der Waals surface area (Å²) in [6, 6.07) is 5.73. The van der Waals surface area contributed by atoms with E-state index in [1.807, 2.05) is 25.1 Å². The van der Waals surface area contributed by atoms with Gasteiger partial charge in [0, 0.05) is 6.20 Å². The molecule has 0 fully saturated rings. The quantitative estimate of drug-likeness (QED) is 0.804. The summed E-state index contributed by atoms with van der Waals surface area (Å²) in [5.74, 6) is 0.887. The number of nitrogens with zero attached hydrogens (tertiary/aromatic N) is 1. The Labute approximate surface area is 88.1 Å². The fourth-order valence-corrected chi connectivity index (χ4v) is 1.40. The number of nitrogens with one attached hydrogen (secondary N) is 1. The first-order chi connectivity index (χ1) is 7.25. The molecule has 0 aliphatic heterocycles. The summed E-state index contributed by atoms with van der Waals surface area (Å²) >= 11 is 0. The highest BCUT2D eigenvalue weighted by atomic mass is 16.3. The van der Waals surface area contributed by atoms with Crippen molar-refractivity contribution in [1.82, 2.24) is 4.98 Å². The van der Waals surface area contributed by atoms with Crippen LogP contribution in [-0.2, 0) is 0 Å². The minimum atomic E-state index is 0.101. The Morgan fingerprint density at radius 2 is 2.33 bits per heavy atom. The highest BCUT2D eigenvalue weighted by molar-refractivity contribution is 5.51. The van der Waals surface area contributed by atoms with E-state index >= 15 is 0 Å². The summed E-state index contributed by atoms with van der Waals surface area (Å²) < 4.78 is 5.28. The van der Waals surface area contributed by atoms with Crippen molar-refractivity contribution in [2.24, 2.45) is 0 Å². The van der Waals surface area contributed by atoms with E-state index in [0.717, 1.165) is 11.4 Å². The fourth-order valence-electron chi connectivity index (χ4n) is 1.40. The third-order valence-corrected chi connectivity index (χ3v) is 2.11. The number of hydrogen-bond donors (Lipinski definition) is 2. The summed E-state index contributed by atoms with van der Waals surface area (Å²) in [5, 5.41) is 3.25. The lowest BCUT2D eigenvalue weighted by atomic mass is 10.2. The summed E-state index contributed by atoms with van der Waals surface area (Å²) in [6.07, 6.45) is 5.00. The van der Waals surface area contributed by atoms with E-state index < -0.39 is 0 Å². The molecule has 2 rings (SSSR count). The van der Waals surface area contributed by atoms with Gasteiger partial charge in [0.05, 0.1) is 29.9 Å². The van der Waals surface area contributed by atoms with Crippen LogP contribution >= 0.6 is 0 Å². The molecule has 0 amide bonds. The molecular formula is C11H13N3O. The van der Waals surface area contributed by atoms with Crippen LogP contribution in [0.25, 0.3) is 0 Å². The predicted molar refractivity (Wildman–Crippen MR) is 59.4 cm³/mol. The molecule has 1 unspecified atom stereocenters. The minimum absolute atomic E-state index is 0.101. The van der Waals surface area contributed by atoms with Gasteiger partial charge in [-0.15, -0.1) is 0 Å². The highest BCUT2D eigenvalue weighted by Gasteiger charge is 2.07. The van der Waals surface area contributed by atoms with Crippen molar-refractivity contribution in [2.75, 3.05) is 11.1 Å². The average Bonchev–Trinajstić information content (AvgIpc) is 2.70. The van der Waals surface area contributed by atoms with Gasteiger partial charge in [-0.2, -0.15) is 0 Å². The monoisotopic (exact) mass is 203 g/mol.